The van der Waals surface area contributed by atoms with E-state index in [1.54, 1.807) is 17.0 Å². The molecule has 13 heteroatoms. The zero-order valence-electron chi connectivity index (χ0n) is 30.7. The standard InChI is InChI=1S/C40H49F3N8O2/c1-28-8-3-10-30-11-4-12-34(37(28)30)51-26-33-32(14-15-35(51)40(41,42)43)38(46-39(45-33)53-27-29-9-5-18-47(2)24-29)49-22-23-50(31(25-49)16-17-44)36(52)13-6-19-48-20-7-21-48/h3-4,6,8,10-13,29,31,35H,5,7,9,14-16,18-27H2,1-2H3/b13-6+/t29-,31+,35-/m1/s1. The molecule has 4 aliphatic heterocycles. The van der Waals surface area contributed by atoms with Crippen molar-refractivity contribution < 1.29 is 22.7 Å². The summed E-state index contributed by atoms with van der Waals surface area (Å²) in [5.74, 6) is 0.682. The summed E-state index contributed by atoms with van der Waals surface area (Å²) in [6.45, 7) is 8.06. The van der Waals surface area contributed by atoms with Gasteiger partial charge < -0.3 is 24.3 Å². The molecule has 282 valence electrons. The van der Waals surface area contributed by atoms with Crippen molar-refractivity contribution in [2.75, 3.05) is 75.8 Å². The van der Waals surface area contributed by atoms with E-state index in [0.29, 0.717) is 49.0 Å². The highest BCUT2D eigenvalue weighted by Crippen LogP contribution is 2.41. The predicted octanol–water partition coefficient (Wildman–Crippen LogP) is 5.74. The van der Waals surface area contributed by atoms with Crippen LogP contribution in [0.1, 0.15) is 48.9 Å². The van der Waals surface area contributed by atoms with E-state index < -0.39 is 18.3 Å². The molecule has 2 aromatic carbocycles. The van der Waals surface area contributed by atoms with Crippen LogP contribution >= 0.6 is 0 Å². The van der Waals surface area contributed by atoms with Crippen molar-refractivity contribution in [3.05, 3.63) is 65.4 Å². The Morgan fingerprint density at radius 2 is 1.85 bits per heavy atom. The van der Waals surface area contributed by atoms with Gasteiger partial charge in [-0.2, -0.15) is 28.4 Å². The molecule has 0 radical (unpaired) electrons. The number of piperazine rings is 1. The minimum atomic E-state index is -4.50. The van der Waals surface area contributed by atoms with Gasteiger partial charge in [0.15, 0.2) is 0 Å². The monoisotopic (exact) mass is 730 g/mol. The maximum atomic E-state index is 15.1. The molecule has 53 heavy (non-hydrogen) atoms. The molecule has 0 saturated carbocycles. The number of aryl methyl sites for hydroxylation is 1. The quantitative estimate of drug-likeness (QED) is 0.256. The van der Waals surface area contributed by atoms with E-state index in [4.69, 9.17) is 14.7 Å². The van der Waals surface area contributed by atoms with Gasteiger partial charge in [0.2, 0.25) is 5.91 Å². The summed E-state index contributed by atoms with van der Waals surface area (Å²) in [4.78, 5) is 32.9. The fourth-order valence-electron chi connectivity index (χ4n) is 8.44. The van der Waals surface area contributed by atoms with E-state index in [-0.39, 0.29) is 43.6 Å². The van der Waals surface area contributed by atoms with Crippen molar-refractivity contribution in [3.8, 4) is 12.1 Å². The van der Waals surface area contributed by atoms with Crippen LogP contribution in [0.2, 0.25) is 0 Å². The Balaban J connectivity index is 1.24. The van der Waals surface area contributed by atoms with Gasteiger partial charge in [0.25, 0.3) is 0 Å². The number of nitriles is 1. The molecule has 5 heterocycles. The van der Waals surface area contributed by atoms with Gasteiger partial charge in [-0.15, -0.1) is 0 Å². The first-order chi connectivity index (χ1) is 25.6. The number of halogens is 3. The third-order valence-electron chi connectivity index (χ3n) is 11.3. The molecular formula is C40H49F3N8O2. The minimum Gasteiger partial charge on any atom is -0.463 e. The van der Waals surface area contributed by atoms with Gasteiger partial charge in [0, 0.05) is 61.4 Å². The third-order valence-corrected chi connectivity index (χ3v) is 11.3. The highest BCUT2D eigenvalue weighted by atomic mass is 19.4. The molecule has 0 aliphatic carbocycles. The van der Waals surface area contributed by atoms with Crippen LogP contribution in [0.3, 0.4) is 0 Å². The second-order valence-corrected chi connectivity index (χ2v) is 15.1. The van der Waals surface area contributed by atoms with Crippen LogP contribution in [0.15, 0.2) is 48.6 Å². The van der Waals surface area contributed by atoms with Crippen LogP contribution < -0.4 is 14.5 Å². The summed E-state index contributed by atoms with van der Waals surface area (Å²) in [5.41, 5.74) is 2.59. The Morgan fingerprint density at radius 3 is 2.58 bits per heavy atom. The number of rotatable bonds is 9. The molecule has 0 spiro atoms. The summed E-state index contributed by atoms with van der Waals surface area (Å²) >= 11 is 0. The van der Waals surface area contributed by atoms with Gasteiger partial charge >= 0.3 is 12.2 Å². The zero-order valence-corrected chi connectivity index (χ0v) is 30.7. The van der Waals surface area contributed by atoms with Gasteiger partial charge in [-0.1, -0.05) is 36.4 Å². The van der Waals surface area contributed by atoms with Crippen molar-refractivity contribution in [1.29, 1.82) is 5.26 Å². The maximum Gasteiger partial charge on any atom is 0.408 e. The van der Waals surface area contributed by atoms with Gasteiger partial charge in [-0.25, -0.2) is 0 Å². The predicted molar refractivity (Wildman–Crippen MR) is 199 cm³/mol. The fraction of sp³-hybridized carbons (Fsp3) is 0.550. The fourth-order valence-corrected chi connectivity index (χ4v) is 8.44. The molecule has 3 saturated heterocycles. The molecule has 3 atom stereocenters. The number of hydrogen-bond donors (Lipinski definition) is 0. The Morgan fingerprint density at radius 1 is 1.04 bits per heavy atom. The highest BCUT2D eigenvalue weighted by molar-refractivity contribution is 5.97. The summed E-state index contributed by atoms with van der Waals surface area (Å²) < 4.78 is 51.6. The largest absolute Gasteiger partial charge is 0.463 e. The Kier molecular flexibility index (Phi) is 11.1. The van der Waals surface area contributed by atoms with Crippen molar-refractivity contribution >= 4 is 28.2 Å². The minimum absolute atomic E-state index is 0.0765. The van der Waals surface area contributed by atoms with E-state index in [0.717, 1.165) is 61.9 Å². The number of hydrogen-bond acceptors (Lipinski definition) is 9. The van der Waals surface area contributed by atoms with Gasteiger partial charge in [-0.05, 0) is 82.7 Å². The number of carbonyl (C=O) groups excluding carboxylic acids is 1. The number of anilines is 2. The van der Waals surface area contributed by atoms with Gasteiger partial charge in [0.1, 0.15) is 11.9 Å². The normalized spacial score (nSPS) is 23.1. The van der Waals surface area contributed by atoms with E-state index in [1.165, 1.54) is 11.3 Å². The third kappa shape index (κ3) is 8.24. The number of nitrogens with zero attached hydrogens (tertiary/aromatic N) is 8. The molecular weight excluding hydrogens is 681 g/mol. The summed E-state index contributed by atoms with van der Waals surface area (Å²) in [5, 5.41) is 11.5. The lowest BCUT2D eigenvalue weighted by molar-refractivity contribution is -0.150. The topological polar surface area (TPSA) is 92.1 Å². The highest BCUT2D eigenvalue weighted by Gasteiger charge is 2.46. The Bertz CT molecular complexity index is 1850. The lowest BCUT2D eigenvalue weighted by atomic mass is 10.00. The van der Waals surface area contributed by atoms with Crippen LogP contribution in [0.25, 0.3) is 10.8 Å². The number of amides is 1. The van der Waals surface area contributed by atoms with Crippen molar-refractivity contribution in [3.63, 3.8) is 0 Å². The van der Waals surface area contributed by atoms with Crippen molar-refractivity contribution in [1.82, 2.24) is 24.7 Å². The van der Waals surface area contributed by atoms with E-state index in [1.807, 2.05) is 48.2 Å². The molecule has 0 unspecified atom stereocenters. The summed E-state index contributed by atoms with van der Waals surface area (Å²) in [7, 11) is 2.09. The first-order valence-electron chi connectivity index (χ1n) is 18.9. The molecule has 3 aromatic rings. The molecule has 7 rings (SSSR count). The number of ether oxygens (including phenoxy) is 1. The second kappa shape index (κ2) is 15.9. The van der Waals surface area contributed by atoms with Crippen LogP contribution in [0, 0.1) is 24.2 Å². The van der Waals surface area contributed by atoms with Crippen LogP contribution in [0.4, 0.5) is 24.7 Å². The lowest BCUT2D eigenvalue weighted by Gasteiger charge is -2.41. The number of likely N-dealkylation sites (tertiary alicyclic amines) is 2. The molecule has 1 aromatic heterocycles. The number of piperidine rings is 1. The van der Waals surface area contributed by atoms with Crippen molar-refractivity contribution in [2.24, 2.45) is 5.92 Å². The van der Waals surface area contributed by atoms with E-state index >= 15 is 13.2 Å². The summed E-state index contributed by atoms with van der Waals surface area (Å²) in [6, 6.07) is 11.5. The second-order valence-electron chi connectivity index (χ2n) is 15.1. The maximum absolute atomic E-state index is 15.1. The lowest BCUT2D eigenvalue weighted by Crippen LogP contribution is -2.55. The Hall–Kier alpha value is -4.41. The van der Waals surface area contributed by atoms with E-state index in [9.17, 15) is 10.1 Å². The molecule has 0 bridgehead atoms. The average Bonchev–Trinajstić information content (AvgIpc) is 3.31. The van der Waals surface area contributed by atoms with E-state index in [2.05, 4.69) is 22.9 Å². The number of alkyl halides is 3. The van der Waals surface area contributed by atoms with Crippen LogP contribution in [-0.4, -0.2) is 115 Å². The van der Waals surface area contributed by atoms with Crippen LogP contribution in [-0.2, 0) is 17.8 Å². The van der Waals surface area contributed by atoms with Crippen molar-refractivity contribution in [2.45, 2.75) is 70.3 Å². The van der Waals surface area contributed by atoms with Gasteiger partial charge in [0.05, 0.1) is 37.4 Å². The number of aromatic nitrogens is 2. The number of fused-ring (bicyclic) bond motifs is 2. The molecule has 10 nitrogen and oxygen atoms in total. The SMILES string of the molecule is Cc1cccc2cccc(N3Cc4nc(OC[C@@H]5CCCN(C)C5)nc(N5CCN(C(=O)/C=C/CN6CCC6)[C@@H](CC#N)C5)c4CC[C@@H]3C(F)(F)F)c12. The average molecular weight is 731 g/mol. The molecule has 4 aliphatic rings. The molecule has 1 amide bonds. The zero-order chi connectivity index (χ0) is 37.1. The molecule has 0 N–H and O–H groups in total. The smallest absolute Gasteiger partial charge is 0.408 e. The number of benzene rings is 2. The molecule has 3 fully saturated rings. The first-order valence-corrected chi connectivity index (χ1v) is 18.9. The first kappa shape index (κ1) is 36.9. The summed E-state index contributed by atoms with van der Waals surface area (Å²) in [6.07, 6.45) is 2.30. The number of carbonyl (C=O) groups is 1. The Labute approximate surface area is 309 Å². The van der Waals surface area contributed by atoms with Gasteiger partial charge in [-0.3, -0.25) is 9.69 Å². The van der Waals surface area contributed by atoms with Crippen LogP contribution in [0.5, 0.6) is 6.01 Å².